The number of carbonyl (C=O) groups excluding carboxylic acids is 4. The average molecular weight is 802 g/mol. The van der Waals surface area contributed by atoms with Crippen molar-refractivity contribution in [3.05, 3.63) is 0 Å². The van der Waals surface area contributed by atoms with Crippen LogP contribution >= 0.6 is 0 Å². The Morgan fingerprint density at radius 3 is 0.500 bits per heavy atom. The van der Waals surface area contributed by atoms with E-state index in [-0.39, 0.29) is 39.0 Å². The summed E-state index contributed by atoms with van der Waals surface area (Å²) in [5.74, 6) is -12.0. The third-order valence-electron chi connectivity index (χ3n) is 1.74. The number of hydrogen-bond acceptors (Lipinski definition) is 10. The van der Waals surface area contributed by atoms with E-state index >= 15 is 0 Å². The van der Waals surface area contributed by atoms with Gasteiger partial charge in [-0.1, -0.05) is 0 Å². The zero-order valence-electron chi connectivity index (χ0n) is 20.2. The number of carbonyl (C=O) groups is 4. The number of ether oxygens (including phenoxy) is 2. The number of hydrogen-bond donors (Lipinski definition) is 0. The first-order valence-corrected chi connectivity index (χ1v) is 8.88. The van der Waals surface area contributed by atoms with Crippen molar-refractivity contribution in [2.45, 2.75) is 52.4 Å². The average Bonchev–Trinajstić information content (AvgIpc) is 2.68. The molecule has 244 valence electrons. The standard InChI is InChI=1S/2C4H10O.4C2HF3O2.2Ru/c2*1-3-5-4-2;4*3-2(4,5)1(6)7;;/h2*3-4H2,1-2H3;4*(H,6,7);;/q;;;;;;2*+2/p-4. The molecule has 0 atom stereocenters. The molecule has 0 aliphatic carbocycles. The summed E-state index contributed by atoms with van der Waals surface area (Å²) in [4.78, 5) is 35.1. The van der Waals surface area contributed by atoms with Crippen LogP contribution in [0.1, 0.15) is 27.7 Å². The van der Waals surface area contributed by atoms with Crippen molar-refractivity contribution >= 4 is 23.9 Å². The molecule has 0 spiro atoms. The van der Waals surface area contributed by atoms with Gasteiger partial charge in [0.15, 0.2) is 0 Å². The summed E-state index contributed by atoms with van der Waals surface area (Å²) in [6, 6.07) is 0. The molecular weight excluding hydrogens is 782 g/mol. The van der Waals surface area contributed by atoms with Crippen LogP contribution in [0.3, 0.4) is 0 Å². The van der Waals surface area contributed by atoms with E-state index in [4.69, 9.17) is 49.1 Å². The van der Waals surface area contributed by atoms with Crippen molar-refractivity contribution in [3.8, 4) is 0 Å². The van der Waals surface area contributed by atoms with Crippen molar-refractivity contribution in [2.24, 2.45) is 0 Å². The van der Waals surface area contributed by atoms with Crippen molar-refractivity contribution < 1.29 is 141 Å². The first-order chi connectivity index (χ1) is 16.6. The van der Waals surface area contributed by atoms with Gasteiger partial charge in [0, 0.05) is 26.4 Å². The maximum Gasteiger partial charge on any atom is 2.00 e. The van der Waals surface area contributed by atoms with Crippen LogP contribution in [0.4, 0.5) is 52.7 Å². The largest absolute Gasteiger partial charge is 2.00 e. The molecule has 0 fully saturated rings. The van der Waals surface area contributed by atoms with Crippen molar-refractivity contribution in [1.29, 1.82) is 0 Å². The number of rotatable bonds is 4. The van der Waals surface area contributed by atoms with Gasteiger partial charge in [0.05, 0.1) is 0 Å². The van der Waals surface area contributed by atoms with E-state index in [2.05, 4.69) is 0 Å². The Morgan fingerprint density at radius 2 is 0.500 bits per heavy atom. The quantitative estimate of drug-likeness (QED) is 0.260. The molecule has 0 amide bonds. The van der Waals surface area contributed by atoms with Crippen molar-refractivity contribution in [2.75, 3.05) is 26.4 Å². The number of halogens is 12. The van der Waals surface area contributed by atoms with Crippen molar-refractivity contribution in [1.82, 2.24) is 0 Å². The van der Waals surface area contributed by atoms with Crippen LogP contribution in [0, 0.1) is 0 Å². The zero-order chi connectivity index (χ0) is 32.6. The minimum Gasteiger partial charge on any atom is -0.542 e. The van der Waals surface area contributed by atoms with Gasteiger partial charge in [-0.3, -0.25) is 0 Å². The summed E-state index contributed by atoms with van der Waals surface area (Å²) in [7, 11) is 0. The molecule has 40 heavy (non-hydrogen) atoms. The van der Waals surface area contributed by atoms with Crippen LogP contribution in [0.2, 0.25) is 0 Å². The minimum absolute atomic E-state index is 0. The summed E-state index contributed by atoms with van der Waals surface area (Å²) in [6.45, 7) is 11.3. The van der Waals surface area contributed by atoms with Crippen LogP contribution in [0.25, 0.3) is 0 Å². The number of alkyl halides is 12. The predicted octanol–water partition coefficient (Wildman–Crippen LogP) is -0.725. The second kappa shape index (κ2) is 30.2. The first kappa shape index (κ1) is 58.0. The summed E-state index contributed by atoms with van der Waals surface area (Å²) < 4.78 is 136. The Labute approximate surface area is 243 Å². The van der Waals surface area contributed by atoms with Gasteiger partial charge < -0.3 is 49.1 Å². The van der Waals surface area contributed by atoms with E-state index < -0.39 is 48.6 Å². The predicted molar refractivity (Wildman–Crippen MR) is 88.6 cm³/mol. The van der Waals surface area contributed by atoms with E-state index in [0.717, 1.165) is 26.4 Å². The molecule has 0 bridgehead atoms. The Bertz CT molecular complexity index is 532. The molecule has 0 unspecified atom stereocenters. The Hall–Kier alpha value is -1.79. The van der Waals surface area contributed by atoms with Gasteiger partial charge in [-0.05, 0) is 27.7 Å². The number of carboxylic acids is 4. The summed E-state index contributed by atoms with van der Waals surface area (Å²) in [6.07, 6.45) is -20.8. The third kappa shape index (κ3) is 65.3. The van der Waals surface area contributed by atoms with Crippen molar-refractivity contribution in [3.63, 3.8) is 0 Å². The van der Waals surface area contributed by atoms with Gasteiger partial charge in [-0.2, -0.15) is 52.7 Å². The summed E-state index contributed by atoms with van der Waals surface area (Å²) in [5, 5.41) is 35.1. The van der Waals surface area contributed by atoms with Gasteiger partial charge in [-0.25, -0.2) is 0 Å². The molecule has 0 aliphatic heterocycles. The zero-order valence-corrected chi connectivity index (χ0v) is 23.6. The number of aliphatic carboxylic acids is 4. The van der Waals surface area contributed by atoms with Gasteiger partial charge in [0.25, 0.3) is 0 Å². The Balaban J connectivity index is -0.0000000510. The van der Waals surface area contributed by atoms with Gasteiger partial charge >= 0.3 is 63.7 Å². The second-order valence-electron chi connectivity index (χ2n) is 4.70. The topological polar surface area (TPSA) is 179 Å². The smallest absolute Gasteiger partial charge is 0.542 e. The molecule has 0 aromatic heterocycles. The SMILES string of the molecule is CCOCC.CCOCC.O=C([O-])C(F)(F)F.O=C([O-])C(F)(F)F.O=C([O-])C(F)(F)F.O=C([O-])C(F)(F)F.[Ru+2].[Ru+2]. The van der Waals surface area contributed by atoms with E-state index in [9.17, 15) is 52.7 Å². The van der Waals surface area contributed by atoms with Crippen LogP contribution in [-0.2, 0) is 67.6 Å². The second-order valence-corrected chi connectivity index (χ2v) is 4.70. The van der Waals surface area contributed by atoms with E-state index in [0.29, 0.717) is 0 Å². The summed E-state index contributed by atoms with van der Waals surface area (Å²) >= 11 is 0. The molecule has 0 aromatic carbocycles. The van der Waals surface area contributed by atoms with E-state index in [1.807, 2.05) is 27.7 Å². The molecule has 0 heterocycles. The Morgan fingerprint density at radius 1 is 0.425 bits per heavy atom. The molecule has 0 radical (unpaired) electrons. The molecule has 0 rings (SSSR count). The molecule has 0 saturated heterocycles. The van der Waals surface area contributed by atoms with E-state index in [1.54, 1.807) is 0 Å². The fourth-order valence-corrected chi connectivity index (χ4v) is 0.408. The fourth-order valence-electron chi connectivity index (χ4n) is 0.408. The molecule has 0 N–H and O–H groups in total. The molecule has 10 nitrogen and oxygen atoms in total. The van der Waals surface area contributed by atoms with E-state index in [1.165, 1.54) is 0 Å². The number of carboxylic acid groups (broad SMARTS) is 4. The third-order valence-corrected chi connectivity index (χ3v) is 1.74. The van der Waals surface area contributed by atoms with Gasteiger partial charge in [0.2, 0.25) is 0 Å². The Kier molecular flexibility index (Phi) is 43.7. The van der Waals surface area contributed by atoms with Gasteiger partial charge in [0.1, 0.15) is 23.9 Å². The molecule has 24 heteroatoms. The molecule has 0 aromatic rings. The molecular formula is C16H20F12O10Ru2. The maximum atomic E-state index is 10.5. The minimum atomic E-state index is -5.19. The molecule has 0 saturated carbocycles. The van der Waals surface area contributed by atoms with Gasteiger partial charge in [-0.15, -0.1) is 0 Å². The van der Waals surface area contributed by atoms with Crippen LogP contribution in [0.15, 0.2) is 0 Å². The van der Waals surface area contributed by atoms with Crippen LogP contribution < -0.4 is 20.4 Å². The molecule has 0 aliphatic rings. The first-order valence-electron chi connectivity index (χ1n) is 8.88. The van der Waals surface area contributed by atoms with Crippen LogP contribution in [-0.4, -0.2) is 75.0 Å². The summed E-state index contributed by atoms with van der Waals surface area (Å²) in [5.41, 5.74) is 0. The monoisotopic (exact) mass is 804 g/mol. The maximum absolute atomic E-state index is 10.5. The van der Waals surface area contributed by atoms with Crippen LogP contribution in [0.5, 0.6) is 0 Å². The normalized spacial score (nSPS) is 10.0. The fraction of sp³-hybridized carbons (Fsp3) is 0.750.